The third-order valence-electron chi connectivity index (χ3n) is 6.17. The molecule has 30 heavy (non-hydrogen) atoms. The number of benzene rings is 2. The van der Waals surface area contributed by atoms with Crippen LogP contribution in [0.4, 0.5) is 5.69 Å². The Hall–Kier alpha value is -2.82. The van der Waals surface area contributed by atoms with E-state index >= 15 is 0 Å². The van der Waals surface area contributed by atoms with Gasteiger partial charge in [-0.25, -0.2) is 0 Å². The molecule has 0 bridgehead atoms. The topological polar surface area (TPSA) is 52.7 Å². The Morgan fingerprint density at radius 1 is 0.900 bits per heavy atom. The minimum atomic E-state index is -0.0934. The summed E-state index contributed by atoms with van der Waals surface area (Å²) in [6.07, 6.45) is 2.70. The van der Waals surface area contributed by atoms with Gasteiger partial charge in [0.2, 0.25) is 5.91 Å². The highest BCUT2D eigenvalue weighted by molar-refractivity contribution is 5.95. The van der Waals surface area contributed by atoms with E-state index in [-0.39, 0.29) is 23.8 Å². The van der Waals surface area contributed by atoms with E-state index in [1.165, 1.54) is 0 Å². The Bertz CT molecular complexity index is 892. The summed E-state index contributed by atoms with van der Waals surface area (Å²) in [5.41, 5.74) is 4.02. The molecular weight excluding hydrogens is 374 g/mol. The highest BCUT2D eigenvalue weighted by atomic mass is 16.2. The Kier molecular flexibility index (Phi) is 6.07. The van der Waals surface area contributed by atoms with E-state index in [1.54, 1.807) is 0 Å². The molecule has 5 nitrogen and oxygen atoms in total. The first kappa shape index (κ1) is 20.5. The number of likely N-dealkylation sites (tertiary alicyclic amines) is 2. The first-order chi connectivity index (χ1) is 14.5. The number of nitrogens with zero attached hydrogens (tertiary/aromatic N) is 2. The Labute approximate surface area is 179 Å². The molecule has 2 heterocycles. The van der Waals surface area contributed by atoms with E-state index in [4.69, 9.17) is 0 Å². The molecule has 2 aromatic carbocycles. The first-order valence-corrected chi connectivity index (χ1v) is 11.0. The second kappa shape index (κ2) is 8.90. The number of amides is 2. The molecule has 0 aliphatic carbocycles. The lowest BCUT2D eigenvalue weighted by molar-refractivity contribution is -0.135. The molecule has 2 unspecified atom stereocenters. The lowest BCUT2D eigenvalue weighted by Crippen LogP contribution is -2.46. The Balaban J connectivity index is 1.36. The molecule has 4 rings (SSSR count). The summed E-state index contributed by atoms with van der Waals surface area (Å²) < 4.78 is 0. The van der Waals surface area contributed by atoms with Crippen molar-refractivity contribution >= 4 is 17.5 Å². The lowest BCUT2D eigenvalue weighted by atomic mass is 9.95. The van der Waals surface area contributed by atoms with Crippen LogP contribution in [-0.4, -0.2) is 53.8 Å². The monoisotopic (exact) mass is 405 g/mol. The number of nitrogens with one attached hydrogen (secondary N) is 1. The van der Waals surface area contributed by atoms with Gasteiger partial charge in [0.1, 0.15) is 0 Å². The molecule has 1 N–H and O–H groups in total. The summed E-state index contributed by atoms with van der Waals surface area (Å²) in [7, 11) is 0. The van der Waals surface area contributed by atoms with Crippen LogP contribution in [0, 0.1) is 19.8 Å². The molecule has 158 valence electrons. The van der Waals surface area contributed by atoms with E-state index < -0.39 is 0 Å². The summed E-state index contributed by atoms with van der Waals surface area (Å²) in [6, 6.07) is 16.4. The SMILES string of the molecule is Cc1cc(C)cc(C(=O)N2CCCC(C(=O)N3CCC(Nc4ccccc4)C3)C2)c1. The quantitative estimate of drug-likeness (QED) is 0.840. The molecule has 2 atom stereocenters. The number of hydrogen-bond acceptors (Lipinski definition) is 3. The number of piperidine rings is 1. The average Bonchev–Trinajstić information content (AvgIpc) is 3.21. The predicted molar refractivity (Wildman–Crippen MR) is 120 cm³/mol. The van der Waals surface area contributed by atoms with E-state index in [9.17, 15) is 9.59 Å². The summed E-state index contributed by atoms with van der Waals surface area (Å²) in [5.74, 6) is 0.152. The van der Waals surface area contributed by atoms with Crippen molar-refractivity contribution in [2.75, 3.05) is 31.5 Å². The highest BCUT2D eigenvalue weighted by Gasteiger charge is 2.34. The van der Waals surface area contributed by atoms with E-state index in [0.717, 1.165) is 61.3 Å². The maximum atomic E-state index is 13.2. The molecule has 0 saturated carbocycles. The zero-order chi connectivity index (χ0) is 21.1. The van der Waals surface area contributed by atoms with E-state index in [2.05, 4.69) is 23.5 Å². The summed E-state index contributed by atoms with van der Waals surface area (Å²) in [5, 5.41) is 3.53. The zero-order valence-electron chi connectivity index (χ0n) is 17.9. The van der Waals surface area contributed by atoms with Crippen LogP contribution >= 0.6 is 0 Å². The van der Waals surface area contributed by atoms with Crippen molar-refractivity contribution in [3.63, 3.8) is 0 Å². The molecular formula is C25H31N3O2. The molecule has 5 heteroatoms. The van der Waals surface area contributed by atoms with Gasteiger partial charge in [-0.05, 0) is 57.4 Å². The molecule has 2 amide bonds. The first-order valence-electron chi connectivity index (χ1n) is 11.0. The normalized spacial score (nSPS) is 21.5. The molecule has 2 aromatic rings. The van der Waals surface area contributed by atoms with Gasteiger partial charge in [0.25, 0.3) is 5.91 Å². The summed E-state index contributed by atoms with van der Waals surface area (Å²) in [6.45, 7) is 6.80. The molecule has 2 fully saturated rings. The number of anilines is 1. The van der Waals surface area contributed by atoms with Gasteiger partial charge >= 0.3 is 0 Å². The van der Waals surface area contributed by atoms with Crippen molar-refractivity contribution in [3.05, 3.63) is 65.2 Å². The fourth-order valence-corrected chi connectivity index (χ4v) is 4.75. The van der Waals surface area contributed by atoms with Gasteiger partial charge < -0.3 is 15.1 Å². The largest absolute Gasteiger partial charge is 0.380 e. The van der Waals surface area contributed by atoms with Gasteiger partial charge in [0.15, 0.2) is 0 Å². The molecule has 2 aliphatic rings. The van der Waals surface area contributed by atoms with Crippen LogP contribution in [-0.2, 0) is 4.79 Å². The van der Waals surface area contributed by atoms with Crippen LogP contribution < -0.4 is 5.32 Å². The highest BCUT2D eigenvalue weighted by Crippen LogP contribution is 2.24. The maximum absolute atomic E-state index is 13.2. The van der Waals surface area contributed by atoms with Gasteiger partial charge in [0, 0.05) is 43.5 Å². The van der Waals surface area contributed by atoms with Crippen LogP contribution in [0.25, 0.3) is 0 Å². The minimum Gasteiger partial charge on any atom is -0.380 e. The van der Waals surface area contributed by atoms with Crippen molar-refractivity contribution in [1.82, 2.24) is 9.80 Å². The third-order valence-corrected chi connectivity index (χ3v) is 6.17. The second-order valence-corrected chi connectivity index (χ2v) is 8.75. The van der Waals surface area contributed by atoms with Crippen LogP contribution in [0.5, 0.6) is 0 Å². The number of carbonyl (C=O) groups excluding carboxylic acids is 2. The number of carbonyl (C=O) groups is 2. The molecule has 2 aliphatic heterocycles. The van der Waals surface area contributed by atoms with Crippen molar-refractivity contribution in [2.24, 2.45) is 5.92 Å². The zero-order valence-corrected chi connectivity index (χ0v) is 17.9. The number of aryl methyl sites for hydroxylation is 2. The molecule has 2 saturated heterocycles. The van der Waals surface area contributed by atoms with E-state index in [0.29, 0.717) is 6.54 Å². The predicted octanol–water partition coefficient (Wildman–Crippen LogP) is 3.87. The van der Waals surface area contributed by atoms with Crippen molar-refractivity contribution in [2.45, 2.75) is 39.2 Å². The summed E-state index contributed by atoms with van der Waals surface area (Å²) in [4.78, 5) is 30.1. The van der Waals surface area contributed by atoms with Gasteiger partial charge in [-0.15, -0.1) is 0 Å². The standard InChI is InChI=1S/C25H31N3O2/c1-18-13-19(2)15-21(14-18)25(30)27-11-6-7-20(16-27)24(29)28-12-10-23(17-28)26-22-8-4-3-5-9-22/h3-5,8-9,13-15,20,23,26H,6-7,10-12,16-17H2,1-2H3. The van der Waals surface area contributed by atoms with Crippen molar-refractivity contribution < 1.29 is 9.59 Å². The lowest BCUT2D eigenvalue weighted by Gasteiger charge is -2.34. The van der Waals surface area contributed by atoms with Crippen molar-refractivity contribution in [1.29, 1.82) is 0 Å². The van der Waals surface area contributed by atoms with Crippen LogP contribution in [0.1, 0.15) is 40.7 Å². The van der Waals surface area contributed by atoms with Crippen LogP contribution in [0.2, 0.25) is 0 Å². The fourth-order valence-electron chi connectivity index (χ4n) is 4.75. The van der Waals surface area contributed by atoms with E-state index in [1.807, 2.05) is 54.0 Å². The van der Waals surface area contributed by atoms with Gasteiger partial charge in [-0.3, -0.25) is 9.59 Å². The molecule has 0 aromatic heterocycles. The molecule has 0 radical (unpaired) electrons. The van der Waals surface area contributed by atoms with Crippen molar-refractivity contribution in [3.8, 4) is 0 Å². The fraction of sp³-hybridized carbons (Fsp3) is 0.440. The third kappa shape index (κ3) is 4.66. The number of rotatable bonds is 4. The van der Waals surface area contributed by atoms with Crippen LogP contribution in [0.15, 0.2) is 48.5 Å². The number of hydrogen-bond donors (Lipinski definition) is 1. The maximum Gasteiger partial charge on any atom is 0.253 e. The van der Waals surface area contributed by atoms with Crippen LogP contribution in [0.3, 0.4) is 0 Å². The average molecular weight is 406 g/mol. The second-order valence-electron chi connectivity index (χ2n) is 8.75. The Morgan fingerprint density at radius 3 is 2.37 bits per heavy atom. The van der Waals surface area contributed by atoms with Gasteiger partial charge in [0.05, 0.1) is 5.92 Å². The molecule has 0 spiro atoms. The smallest absolute Gasteiger partial charge is 0.253 e. The minimum absolute atomic E-state index is 0.0457. The summed E-state index contributed by atoms with van der Waals surface area (Å²) >= 11 is 0. The number of para-hydroxylation sites is 1. The Morgan fingerprint density at radius 2 is 1.63 bits per heavy atom. The van der Waals surface area contributed by atoms with Gasteiger partial charge in [-0.1, -0.05) is 35.4 Å². The van der Waals surface area contributed by atoms with Gasteiger partial charge in [-0.2, -0.15) is 0 Å².